The lowest BCUT2D eigenvalue weighted by Crippen LogP contribution is -2.15. The first-order valence-electron chi connectivity index (χ1n) is 4.19. The standard InChI is InChI=1S/C9H10N2O4/c1-15-9(12)6-10-7-4-2-3-5-8(7)11(13)14/h2-5,10H,6H2,1H3. The maximum absolute atomic E-state index is 10.8. The van der Waals surface area contributed by atoms with Crippen molar-refractivity contribution in [3.8, 4) is 0 Å². The van der Waals surface area contributed by atoms with Gasteiger partial charge in [-0.15, -0.1) is 0 Å². The van der Waals surface area contributed by atoms with Crippen molar-refractivity contribution in [3.63, 3.8) is 0 Å². The van der Waals surface area contributed by atoms with Gasteiger partial charge in [0.15, 0.2) is 0 Å². The van der Waals surface area contributed by atoms with E-state index in [0.717, 1.165) is 0 Å². The van der Waals surface area contributed by atoms with Gasteiger partial charge in [-0.25, -0.2) is 0 Å². The van der Waals surface area contributed by atoms with Crippen molar-refractivity contribution < 1.29 is 14.5 Å². The summed E-state index contributed by atoms with van der Waals surface area (Å²) in [6.07, 6.45) is 0. The molecule has 0 radical (unpaired) electrons. The molecule has 0 spiro atoms. The van der Waals surface area contributed by atoms with Crippen LogP contribution in [0.2, 0.25) is 0 Å². The normalized spacial score (nSPS) is 9.40. The van der Waals surface area contributed by atoms with Crippen LogP contribution in [0.3, 0.4) is 0 Å². The Labute approximate surface area is 86.0 Å². The number of anilines is 1. The van der Waals surface area contributed by atoms with Gasteiger partial charge in [0.05, 0.1) is 12.0 Å². The molecule has 0 unspecified atom stereocenters. The molecule has 80 valence electrons. The molecule has 0 saturated heterocycles. The highest BCUT2D eigenvalue weighted by atomic mass is 16.6. The van der Waals surface area contributed by atoms with E-state index in [2.05, 4.69) is 10.1 Å². The molecule has 1 aromatic carbocycles. The molecular weight excluding hydrogens is 200 g/mol. The van der Waals surface area contributed by atoms with E-state index in [1.54, 1.807) is 12.1 Å². The highest BCUT2D eigenvalue weighted by Crippen LogP contribution is 2.22. The number of carbonyl (C=O) groups excluding carboxylic acids is 1. The first-order chi connectivity index (χ1) is 7.15. The molecule has 0 saturated carbocycles. The number of benzene rings is 1. The topological polar surface area (TPSA) is 81.5 Å². The van der Waals surface area contributed by atoms with E-state index in [9.17, 15) is 14.9 Å². The molecule has 0 fully saturated rings. The Morgan fingerprint density at radius 3 is 2.80 bits per heavy atom. The number of nitro benzene ring substituents is 1. The summed E-state index contributed by atoms with van der Waals surface area (Å²) < 4.78 is 4.40. The van der Waals surface area contributed by atoms with Crippen molar-refractivity contribution in [3.05, 3.63) is 34.4 Å². The van der Waals surface area contributed by atoms with Crippen LogP contribution in [-0.2, 0) is 9.53 Å². The summed E-state index contributed by atoms with van der Waals surface area (Å²) in [5, 5.41) is 13.2. The molecule has 6 nitrogen and oxygen atoms in total. The van der Waals surface area contributed by atoms with Crippen molar-refractivity contribution in [2.24, 2.45) is 0 Å². The van der Waals surface area contributed by atoms with Crippen molar-refractivity contribution in [1.29, 1.82) is 0 Å². The number of ether oxygens (including phenoxy) is 1. The maximum Gasteiger partial charge on any atom is 0.325 e. The second-order valence-corrected chi connectivity index (χ2v) is 2.70. The van der Waals surface area contributed by atoms with Crippen LogP contribution in [-0.4, -0.2) is 24.5 Å². The number of methoxy groups -OCH3 is 1. The zero-order valence-electron chi connectivity index (χ0n) is 8.10. The number of carbonyl (C=O) groups is 1. The summed E-state index contributed by atoms with van der Waals surface area (Å²) in [6, 6.07) is 6.09. The summed E-state index contributed by atoms with van der Waals surface area (Å²) in [4.78, 5) is 20.9. The van der Waals surface area contributed by atoms with Crippen molar-refractivity contribution in [2.75, 3.05) is 19.0 Å². The zero-order chi connectivity index (χ0) is 11.3. The first kappa shape index (κ1) is 11.0. The van der Waals surface area contributed by atoms with Crippen LogP contribution in [0.15, 0.2) is 24.3 Å². The SMILES string of the molecule is COC(=O)CNc1ccccc1[N+](=O)[O-]. The Morgan fingerprint density at radius 1 is 1.53 bits per heavy atom. The summed E-state index contributed by atoms with van der Waals surface area (Å²) >= 11 is 0. The van der Waals surface area contributed by atoms with Gasteiger partial charge in [-0.2, -0.15) is 0 Å². The van der Waals surface area contributed by atoms with Gasteiger partial charge in [-0.05, 0) is 6.07 Å². The van der Waals surface area contributed by atoms with E-state index in [1.165, 1.54) is 19.2 Å². The number of rotatable bonds is 4. The number of esters is 1. The van der Waals surface area contributed by atoms with Crippen LogP contribution in [0.4, 0.5) is 11.4 Å². The first-order valence-corrected chi connectivity index (χ1v) is 4.19. The van der Waals surface area contributed by atoms with Gasteiger partial charge in [-0.3, -0.25) is 14.9 Å². The second kappa shape index (κ2) is 4.94. The number of nitro groups is 1. The second-order valence-electron chi connectivity index (χ2n) is 2.70. The molecule has 15 heavy (non-hydrogen) atoms. The third-order valence-electron chi connectivity index (χ3n) is 1.75. The number of nitrogens with one attached hydrogen (secondary N) is 1. The third-order valence-corrected chi connectivity index (χ3v) is 1.75. The van der Waals surface area contributed by atoms with Gasteiger partial charge in [-0.1, -0.05) is 12.1 Å². The summed E-state index contributed by atoms with van der Waals surface area (Å²) in [7, 11) is 1.25. The summed E-state index contributed by atoms with van der Waals surface area (Å²) in [5.74, 6) is -0.479. The number of hydrogen-bond donors (Lipinski definition) is 1. The molecule has 0 aliphatic heterocycles. The number of para-hydroxylation sites is 2. The Morgan fingerprint density at radius 2 is 2.20 bits per heavy atom. The molecule has 1 rings (SSSR count). The Kier molecular flexibility index (Phi) is 3.61. The molecule has 1 aromatic rings. The highest BCUT2D eigenvalue weighted by Gasteiger charge is 2.12. The van der Waals surface area contributed by atoms with Gasteiger partial charge in [0.25, 0.3) is 5.69 Å². The lowest BCUT2D eigenvalue weighted by atomic mass is 10.2. The minimum absolute atomic E-state index is 0.0681. The van der Waals surface area contributed by atoms with E-state index in [1.807, 2.05) is 0 Å². The molecule has 0 atom stereocenters. The average Bonchev–Trinajstić information content (AvgIpc) is 2.26. The predicted molar refractivity (Wildman–Crippen MR) is 53.6 cm³/mol. The summed E-state index contributed by atoms with van der Waals surface area (Å²) in [6.45, 7) is -0.0959. The molecule has 0 aliphatic carbocycles. The number of nitrogens with zero attached hydrogens (tertiary/aromatic N) is 1. The van der Waals surface area contributed by atoms with Crippen LogP contribution in [0.25, 0.3) is 0 Å². The Balaban J connectivity index is 2.76. The predicted octanol–water partition coefficient (Wildman–Crippen LogP) is 1.18. The smallest absolute Gasteiger partial charge is 0.325 e. The van der Waals surface area contributed by atoms with Gasteiger partial charge >= 0.3 is 5.97 Å². The van der Waals surface area contributed by atoms with E-state index >= 15 is 0 Å². The van der Waals surface area contributed by atoms with Crippen LogP contribution in [0.5, 0.6) is 0 Å². The third kappa shape index (κ3) is 2.94. The largest absolute Gasteiger partial charge is 0.468 e. The Bertz CT molecular complexity index is 378. The number of hydrogen-bond acceptors (Lipinski definition) is 5. The fourth-order valence-electron chi connectivity index (χ4n) is 1.02. The zero-order valence-corrected chi connectivity index (χ0v) is 8.10. The van der Waals surface area contributed by atoms with Crippen molar-refractivity contribution in [1.82, 2.24) is 0 Å². The lowest BCUT2D eigenvalue weighted by molar-refractivity contribution is -0.383. The van der Waals surface area contributed by atoms with E-state index in [-0.39, 0.29) is 12.2 Å². The molecule has 0 aliphatic rings. The molecule has 0 aromatic heterocycles. The van der Waals surface area contributed by atoms with Gasteiger partial charge in [0.1, 0.15) is 12.2 Å². The van der Waals surface area contributed by atoms with Crippen molar-refractivity contribution in [2.45, 2.75) is 0 Å². The van der Waals surface area contributed by atoms with Crippen LogP contribution >= 0.6 is 0 Å². The van der Waals surface area contributed by atoms with E-state index < -0.39 is 10.9 Å². The summed E-state index contributed by atoms with van der Waals surface area (Å²) in [5.41, 5.74) is 0.231. The maximum atomic E-state index is 10.8. The monoisotopic (exact) mass is 210 g/mol. The van der Waals surface area contributed by atoms with Gasteiger partial charge in [0, 0.05) is 6.07 Å². The minimum atomic E-state index is -0.514. The van der Waals surface area contributed by atoms with Crippen LogP contribution < -0.4 is 5.32 Å². The van der Waals surface area contributed by atoms with Crippen molar-refractivity contribution >= 4 is 17.3 Å². The quantitative estimate of drug-likeness (QED) is 0.458. The molecule has 0 amide bonds. The fraction of sp³-hybridized carbons (Fsp3) is 0.222. The molecule has 0 heterocycles. The van der Waals surface area contributed by atoms with Crippen LogP contribution in [0, 0.1) is 10.1 Å². The average molecular weight is 210 g/mol. The fourth-order valence-corrected chi connectivity index (χ4v) is 1.02. The van der Waals surface area contributed by atoms with Crippen LogP contribution in [0.1, 0.15) is 0 Å². The Hall–Kier alpha value is -2.11. The van der Waals surface area contributed by atoms with Gasteiger partial charge in [0.2, 0.25) is 0 Å². The van der Waals surface area contributed by atoms with Gasteiger partial charge < -0.3 is 10.1 Å². The lowest BCUT2D eigenvalue weighted by Gasteiger charge is -2.04. The molecule has 1 N–H and O–H groups in total. The highest BCUT2D eigenvalue weighted by molar-refractivity contribution is 5.76. The van der Waals surface area contributed by atoms with E-state index in [4.69, 9.17) is 0 Å². The molecular formula is C9H10N2O4. The molecule has 0 bridgehead atoms. The van der Waals surface area contributed by atoms with E-state index in [0.29, 0.717) is 5.69 Å². The molecule has 6 heteroatoms. The minimum Gasteiger partial charge on any atom is -0.468 e.